The Morgan fingerprint density at radius 3 is 2.90 bits per heavy atom. The number of hydrogen-bond donors (Lipinski definition) is 0. The second-order valence-electron chi connectivity index (χ2n) is 7.25. The molecule has 0 spiro atoms. The summed E-state index contributed by atoms with van der Waals surface area (Å²) in [5.74, 6) is 2.10. The molecule has 0 radical (unpaired) electrons. The third-order valence-electron chi connectivity index (χ3n) is 5.18. The minimum atomic E-state index is -0.0665. The Bertz CT molecular complexity index is 1000. The van der Waals surface area contributed by atoms with E-state index in [1.165, 1.54) is 4.68 Å². The van der Waals surface area contributed by atoms with Crippen LogP contribution in [0, 0.1) is 5.92 Å². The van der Waals surface area contributed by atoms with Gasteiger partial charge < -0.3 is 9.47 Å². The summed E-state index contributed by atoms with van der Waals surface area (Å²) >= 11 is 1.64. The van der Waals surface area contributed by atoms with E-state index in [1.807, 2.05) is 23.7 Å². The van der Waals surface area contributed by atoms with E-state index in [9.17, 15) is 4.79 Å². The van der Waals surface area contributed by atoms with Crippen molar-refractivity contribution in [2.45, 2.75) is 31.6 Å². The summed E-state index contributed by atoms with van der Waals surface area (Å²) in [7, 11) is 3.30. The van der Waals surface area contributed by atoms with Gasteiger partial charge in [0, 0.05) is 47.8 Å². The van der Waals surface area contributed by atoms with Crippen LogP contribution in [0.1, 0.15) is 35.0 Å². The Labute approximate surface area is 173 Å². The average molecular weight is 413 g/mol. The lowest BCUT2D eigenvalue weighted by atomic mass is 10.1. The van der Waals surface area contributed by atoms with Gasteiger partial charge in [-0.05, 0) is 37.8 Å². The third-order valence-corrected chi connectivity index (χ3v) is 6.02. The first-order valence-electron chi connectivity index (χ1n) is 9.72. The maximum atomic E-state index is 12.4. The van der Waals surface area contributed by atoms with Crippen LogP contribution in [0.15, 0.2) is 40.8 Å². The molecule has 0 unspecified atom stereocenters. The molecule has 152 valence electrons. The molecule has 0 bridgehead atoms. The fraction of sp³-hybridized carbons (Fsp3) is 0.429. The fourth-order valence-electron chi connectivity index (χ4n) is 3.42. The molecular formula is C21H24N4O3S. The number of pyridine rings is 1. The van der Waals surface area contributed by atoms with Crippen LogP contribution in [0.4, 0.5) is 0 Å². The van der Waals surface area contributed by atoms with Crippen LogP contribution >= 0.6 is 11.3 Å². The lowest BCUT2D eigenvalue weighted by Gasteiger charge is -2.09. The number of hydrogen-bond acceptors (Lipinski definition) is 7. The summed E-state index contributed by atoms with van der Waals surface area (Å²) < 4.78 is 12.4. The predicted molar refractivity (Wildman–Crippen MR) is 111 cm³/mol. The highest BCUT2D eigenvalue weighted by molar-refractivity contribution is 7.09. The zero-order valence-corrected chi connectivity index (χ0v) is 17.4. The van der Waals surface area contributed by atoms with Gasteiger partial charge in [0.05, 0.1) is 24.9 Å². The topological polar surface area (TPSA) is 79.1 Å². The molecule has 3 aromatic rings. The van der Waals surface area contributed by atoms with E-state index in [1.54, 1.807) is 37.8 Å². The molecule has 1 aliphatic rings. The van der Waals surface area contributed by atoms with Gasteiger partial charge in [-0.3, -0.25) is 9.78 Å². The Kier molecular flexibility index (Phi) is 5.89. The number of aromatic nitrogens is 4. The summed E-state index contributed by atoms with van der Waals surface area (Å²) in [6.45, 7) is 0.572. The average Bonchev–Trinajstić information content (AvgIpc) is 3.33. The summed E-state index contributed by atoms with van der Waals surface area (Å²) in [5, 5.41) is 7.32. The Hall–Kier alpha value is -2.74. The molecule has 8 heteroatoms. The van der Waals surface area contributed by atoms with Crippen molar-refractivity contribution in [3.8, 4) is 11.6 Å². The van der Waals surface area contributed by atoms with Crippen molar-refractivity contribution >= 4 is 11.3 Å². The van der Waals surface area contributed by atoms with Gasteiger partial charge in [-0.2, -0.15) is 0 Å². The van der Waals surface area contributed by atoms with Gasteiger partial charge in [0.25, 0.3) is 5.56 Å². The lowest BCUT2D eigenvalue weighted by Crippen LogP contribution is -2.24. The van der Waals surface area contributed by atoms with Crippen LogP contribution in [0.2, 0.25) is 0 Å². The summed E-state index contributed by atoms with van der Waals surface area (Å²) in [5.41, 5.74) is 1.73. The van der Waals surface area contributed by atoms with Crippen LogP contribution < -0.4 is 15.0 Å². The predicted octanol–water partition coefficient (Wildman–Crippen LogP) is 3.00. The van der Waals surface area contributed by atoms with E-state index < -0.39 is 0 Å². The molecule has 0 amide bonds. The molecule has 0 N–H and O–H groups in total. The molecule has 0 aliphatic heterocycles. The highest BCUT2D eigenvalue weighted by atomic mass is 32.1. The van der Waals surface area contributed by atoms with Gasteiger partial charge in [0.2, 0.25) is 5.88 Å². The maximum Gasteiger partial charge on any atom is 0.269 e. The standard InChI is InChI=1S/C21H24N4O3S/c1-25-21(26)14(4-3-5-20-22-8-9-29-20)11-19(24-25)28-13-15-10-17(15)18-7-6-16(27-2)12-23-18/h6-9,11-12,15,17H,3-5,10,13H2,1-2H3/t15-,17+/m1/s1. The Balaban J connectivity index is 1.32. The zero-order valence-electron chi connectivity index (χ0n) is 16.6. The largest absolute Gasteiger partial charge is 0.495 e. The molecular weight excluding hydrogens is 388 g/mol. The summed E-state index contributed by atoms with van der Waals surface area (Å²) in [6, 6.07) is 5.73. The molecule has 7 nitrogen and oxygen atoms in total. The first-order chi connectivity index (χ1) is 14.1. The zero-order chi connectivity index (χ0) is 20.2. The van der Waals surface area contributed by atoms with Gasteiger partial charge in [-0.1, -0.05) is 0 Å². The van der Waals surface area contributed by atoms with Crippen LogP contribution in [-0.4, -0.2) is 33.5 Å². The molecule has 0 saturated heterocycles. The van der Waals surface area contributed by atoms with Crippen molar-refractivity contribution in [2.75, 3.05) is 13.7 Å². The molecule has 0 aromatic carbocycles. The number of aryl methyl sites for hydroxylation is 3. The molecule has 1 aliphatic carbocycles. The van der Waals surface area contributed by atoms with Crippen molar-refractivity contribution in [2.24, 2.45) is 13.0 Å². The first-order valence-corrected chi connectivity index (χ1v) is 10.6. The fourth-order valence-corrected chi connectivity index (χ4v) is 4.08. The third kappa shape index (κ3) is 4.82. The molecule has 1 fully saturated rings. The van der Waals surface area contributed by atoms with Crippen molar-refractivity contribution < 1.29 is 9.47 Å². The van der Waals surface area contributed by atoms with Gasteiger partial charge in [0.15, 0.2) is 0 Å². The lowest BCUT2D eigenvalue weighted by molar-refractivity contribution is 0.277. The second-order valence-corrected chi connectivity index (χ2v) is 8.23. The molecule has 1 saturated carbocycles. The van der Waals surface area contributed by atoms with E-state index in [0.717, 1.165) is 41.3 Å². The highest BCUT2D eigenvalue weighted by Gasteiger charge is 2.40. The van der Waals surface area contributed by atoms with Gasteiger partial charge in [-0.15, -0.1) is 16.4 Å². The number of methoxy groups -OCH3 is 1. The number of thiazole rings is 1. The number of rotatable bonds is 9. The van der Waals surface area contributed by atoms with Crippen LogP contribution in [0.5, 0.6) is 11.6 Å². The summed E-state index contributed by atoms with van der Waals surface area (Å²) in [4.78, 5) is 21.1. The van der Waals surface area contributed by atoms with Crippen molar-refractivity contribution in [3.05, 3.63) is 62.6 Å². The van der Waals surface area contributed by atoms with Crippen molar-refractivity contribution in [1.82, 2.24) is 19.7 Å². The molecule has 29 heavy (non-hydrogen) atoms. The van der Waals surface area contributed by atoms with Crippen LogP contribution in [-0.2, 0) is 19.9 Å². The van der Waals surface area contributed by atoms with E-state index in [-0.39, 0.29) is 5.56 Å². The summed E-state index contributed by atoms with van der Waals surface area (Å²) in [6.07, 6.45) is 7.04. The Morgan fingerprint density at radius 1 is 1.28 bits per heavy atom. The number of nitrogens with zero attached hydrogens (tertiary/aromatic N) is 4. The second kappa shape index (κ2) is 8.73. The van der Waals surface area contributed by atoms with Crippen LogP contribution in [0.25, 0.3) is 0 Å². The monoisotopic (exact) mass is 412 g/mol. The van der Waals surface area contributed by atoms with E-state index in [0.29, 0.717) is 30.7 Å². The molecule has 2 atom stereocenters. The van der Waals surface area contributed by atoms with Crippen molar-refractivity contribution in [3.63, 3.8) is 0 Å². The van der Waals surface area contributed by atoms with E-state index >= 15 is 0 Å². The minimum Gasteiger partial charge on any atom is -0.495 e. The highest BCUT2D eigenvalue weighted by Crippen LogP contribution is 2.46. The molecule has 3 aromatic heterocycles. The maximum absolute atomic E-state index is 12.4. The quantitative estimate of drug-likeness (QED) is 0.538. The minimum absolute atomic E-state index is 0.0665. The van der Waals surface area contributed by atoms with Crippen LogP contribution in [0.3, 0.4) is 0 Å². The number of ether oxygens (including phenoxy) is 2. The first kappa shape index (κ1) is 19.6. The normalized spacial score (nSPS) is 17.9. The molecule has 4 rings (SSSR count). The molecule has 3 heterocycles. The smallest absolute Gasteiger partial charge is 0.269 e. The van der Waals surface area contributed by atoms with Crippen molar-refractivity contribution in [1.29, 1.82) is 0 Å². The van der Waals surface area contributed by atoms with Gasteiger partial charge in [0.1, 0.15) is 5.75 Å². The van der Waals surface area contributed by atoms with E-state index in [4.69, 9.17) is 9.47 Å². The van der Waals surface area contributed by atoms with Gasteiger partial charge in [-0.25, -0.2) is 9.67 Å². The van der Waals surface area contributed by atoms with Gasteiger partial charge >= 0.3 is 0 Å². The SMILES string of the molecule is COc1ccc([C@H]2C[C@@H]2COc2cc(CCCc3nccs3)c(=O)n(C)n2)nc1. The van der Waals surface area contributed by atoms with E-state index in [2.05, 4.69) is 15.1 Å². The Morgan fingerprint density at radius 2 is 2.17 bits per heavy atom.